The van der Waals surface area contributed by atoms with Gasteiger partial charge in [0.15, 0.2) is 0 Å². The molecule has 7 nitrogen and oxygen atoms in total. The lowest BCUT2D eigenvalue weighted by atomic mass is 9.87. The van der Waals surface area contributed by atoms with Crippen LogP contribution in [0.2, 0.25) is 0 Å². The maximum absolute atomic E-state index is 13.8. The average Bonchev–Trinajstić information content (AvgIpc) is 3.37. The van der Waals surface area contributed by atoms with E-state index in [0.29, 0.717) is 42.4 Å². The highest BCUT2D eigenvalue weighted by Gasteiger charge is 2.43. The molecule has 0 bridgehead atoms. The Morgan fingerprint density at radius 3 is 2.17 bits per heavy atom. The number of benzene rings is 3. The van der Waals surface area contributed by atoms with Crippen LogP contribution in [0.5, 0.6) is 17.2 Å². The van der Waals surface area contributed by atoms with Gasteiger partial charge in [0, 0.05) is 43.7 Å². The molecule has 2 atom stereocenters. The number of hydrogen-bond acceptors (Lipinski definition) is 5. The number of nitrogens with zero attached hydrogens (tertiary/aromatic N) is 2. The van der Waals surface area contributed by atoms with Gasteiger partial charge in [-0.05, 0) is 48.0 Å². The van der Waals surface area contributed by atoms with Crippen LogP contribution in [0, 0.1) is 5.92 Å². The van der Waals surface area contributed by atoms with E-state index < -0.39 is 5.92 Å². The van der Waals surface area contributed by atoms with Gasteiger partial charge in [-0.15, -0.1) is 0 Å². The van der Waals surface area contributed by atoms with Crippen LogP contribution in [0.3, 0.4) is 0 Å². The minimum absolute atomic E-state index is 0.0150. The molecule has 2 unspecified atom stereocenters. The topological polar surface area (TPSA) is 68.3 Å². The van der Waals surface area contributed by atoms with Crippen molar-refractivity contribution in [2.24, 2.45) is 5.92 Å². The van der Waals surface area contributed by atoms with Gasteiger partial charge < -0.3 is 24.0 Å². The fourth-order valence-electron chi connectivity index (χ4n) is 4.80. The van der Waals surface area contributed by atoms with Gasteiger partial charge >= 0.3 is 0 Å². The van der Waals surface area contributed by atoms with Crippen molar-refractivity contribution in [3.8, 4) is 17.2 Å². The van der Waals surface area contributed by atoms with E-state index >= 15 is 0 Å². The zero-order valence-corrected chi connectivity index (χ0v) is 21.1. The Kier molecular flexibility index (Phi) is 7.78. The second-order valence-corrected chi connectivity index (χ2v) is 8.94. The van der Waals surface area contributed by atoms with E-state index in [2.05, 4.69) is 0 Å². The third kappa shape index (κ3) is 5.30. The molecule has 0 spiro atoms. The lowest BCUT2D eigenvalue weighted by Gasteiger charge is -2.25. The number of carbonyl (C=O) groups is 2. The molecule has 188 valence electrons. The summed E-state index contributed by atoms with van der Waals surface area (Å²) < 4.78 is 16.3. The molecule has 0 aliphatic carbocycles. The van der Waals surface area contributed by atoms with Crippen molar-refractivity contribution in [3.05, 3.63) is 89.5 Å². The zero-order valence-electron chi connectivity index (χ0n) is 21.1. The summed E-state index contributed by atoms with van der Waals surface area (Å²) in [6.45, 7) is 1.20. The molecule has 1 aliphatic heterocycles. The number of rotatable bonds is 8. The lowest BCUT2D eigenvalue weighted by molar-refractivity contribution is -0.134. The van der Waals surface area contributed by atoms with Crippen LogP contribution in [-0.4, -0.2) is 63.1 Å². The third-order valence-corrected chi connectivity index (χ3v) is 6.74. The maximum atomic E-state index is 13.8. The van der Waals surface area contributed by atoms with Gasteiger partial charge in [-0.25, -0.2) is 0 Å². The van der Waals surface area contributed by atoms with Crippen LogP contribution in [0.25, 0.3) is 0 Å². The lowest BCUT2D eigenvalue weighted by Crippen LogP contribution is -2.36. The summed E-state index contributed by atoms with van der Waals surface area (Å²) in [4.78, 5) is 30.7. The van der Waals surface area contributed by atoms with Gasteiger partial charge in [0.1, 0.15) is 17.2 Å². The van der Waals surface area contributed by atoms with Crippen molar-refractivity contribution in [1.82, 2.24) is 9.80 Å². The molecule has 1 aliphatic rings. The molecule has 0 saturated carbocycles. The molecule has 0 radical (unpaired) electrons. The molecular formula is C29H32N2O5. The van der Waals surface area contributed by atoms with Crippen LogP contribution in [0.4, 0.5) is 0 Å². The quantitative estimate of drug-likeness (QED) is 0.475. The summed E-state index contributed by atoms with van der Waals surface area (Å²) in [7, 11) is 6.61. The van der Waals surface area contributed by atoms with Gasteiger partial charge in [-0.2, -0.15) is 0 Å². The second kappa shape index (κ2) is 11.2. The minimum Gasteiger partial charge on any atom is -0.497 e. The van der Waals surface area contributed by atoms with E-state index in [4.69, 9.17) is 14.2 Å². The van der Waals surface area contributed by atoms with Crippen molar-refractivity contribution in [3.63, 3.8) is 0 Å². The molecule has 0 N–H and O–H groups in total. The SMILES string of the molecule is COc1ccc(C(=O)N2CC(C(=O)N(C)Cc3ccccc3)C(c3cc(OC)ccc3OC)C2)cc1. The number of amides is 2. The van der Waals surface area contributed by atoms with E-state index in [9.17, 15) is 9.59 Å². The maximum Gasteiger partial charge on any atom is 0.253 e. The van der Waals surface area contributed by atoms with E-state index in [-0.39, 0.29) is 17.7 Å². The first-order chi connectivity index (χ1) is 17.4. The van der Waals surface area contributed by atoms with Gasteiger partial charge in [-0.3, -0.25) is 9.59 Å². The van der Waals surface area contributed by atoms with E-state index in [1.165, 1.54) is 0 Å². The van der Waals surface area contributed by atoms with Crippen molar-refractivity contribution < 1.29 is 23.8 Å². The Morgan fingerprint density at radius 1 is 0.861 bits per heavy atom. The molecule has 3 aromatic rings. The standard InChI is InChI=1S/C29H32N2O5/c1-30(17-20-8-6-5-7-9-20)29(33)26-19-31(28(32)21-10-12-22(34-2)13-11-21)18-25(26)24-16-23(35-3)14-15-27(24)36-4/h5-16,25-26H,17-19H2,1-4H3. The summed E-state index contributed by atoms with van der Waals surface area (Å²) >= 11 is 0. The molecule has 1 heterocycles. The number of carbonyl (C=O) groups excluding carboxylic acids is 2. The fourth-order valence-corrected chi connectivity index (χ4v) is 4.80. The summed E-state index contributed by atoms with van der Waals surface area (Å²) in [5.41, 5.74) is 2.46. The Labute approximate surface area is 212 Å². The van der Waals surface area contributed by atoms with Gasteiger partial charge in [-0.1, -0.05) is 30.3 Å². The van der Waals surface area contributed by atoms with Crippen molar-refractivity contribution >= 4 is 11.8 Å². The summed E-state index contributed by atoms with van der Waals surface area (Å²) in [6, 6.07) is 22.5. The predicted octanol–water partition coefficient (Wildman–Crippen LogP) is 4.23. The molecule has 36 heavy (non-hydrogen) atoms. The van der Waals surface area contributed by atoms with Crippen molar-refractivity contribution in [1.29, 1.82) is 0 Å². The van der Waals surface area contributed by atoms with Crippen LogP contribution in [0.1, 0.15) is 27.4 Å². The first kappa shape index (κ1) is 25.1. The minimum atomic E-state index is -0.429. The first-order valence-electron chi connectivity index (χ1n) is 11.9. The van der Waals surface area contributed by atoms with Gasteiger partial charge in [0.05, 0.1) is 27.2 Å². The molecule has 4 rings (SSSR count). The van der Waals surface area contributed by atoms with Crippen molar-refractivity contribution in [2.75, 3.05) is 41.5 Å². The van der Waals surface area contributed by atoms with Crippen molar-refractivity contribution in [2.45, 2.75) is 12.5 Å². The van der Waals surface area contributed by atoms with Crippen LogP contribution in [-0.2, 0) is 11.3 Å². The first-order valence-corrected chi connectivity index (χ1v) is 11.9. The highest BCUT2D eigenvalue weighted by atomic mass is 16.5. The molecule has 1 saturated heterocycles. The molecule has 3 aromatic carbocycles. The normalized spacial score (nSPS) is 16.9. The monoisotopic (exact) mass is 488 g/mol. The second-order valence-electron chi connectivity index (χ2n) is 8.94. The van der Waals surface area contributed by atoms with Gasteiger partial charge in [0.25, 0.3) is 5.91 Å². The number of likely N-dealkylation sites (tertiary alicyclic amines) is 1. The fraction of sp³-hybridized carbons (Fsp3) is 0.310. The zero-order chi connectivity index (χ0) is 25.7. The summed E-state index contributed by atoms with van der Waals surface area (Å²) in [5, 5.41) is 0. The Bertz CT molecular complexity index is 1200. The molecular weight excluding hydrogens is 456 g/mol. The molecule has 7 heteroatoms. The number of hydrogen-bond donors (Lipinski definition) is 0. The Morgan fingerprint density at radius 2 is 1.53 bits per heavy atom. The molecule has 2 amide bonds. The molecule has 0 aromatic heterocycles. The van der Waals surface area contributed by atoms with Crippen LogP contribution in [0.15, 0.2) is 72.8 Å². The molecule has 1 fully saturated rings. The summed E-state index contributed by atoms with van der Waals surface area (Å²) in [5.74, 6) is 1.22. The van der Waals surface area contributed by atoms with E-state index in [1.807, 2.05) is 55.6 Å². The largest absolute Gasteiger partial charge is 0.497 e. The van der Waals surface area contributed by atoms with Gasteiger partial charge in [0.2, 0.25) is 5.91 Å². The smallest absolute Gasteiger partial charge is 0.253 e. The Balaban J connectivity index is 1.65. The highest BCUT2D eigenvalue weighted by Crippen LogP contribution is 2.40. The van der Waals surface area contributed by atoms with E-state index in [0.717, 1.165) is 11.1 Å². The van der Waals surface area contributed by atoms with Crippen LogP contribution >= 0.6 is 0 Å². The summed E-state index contributed by atoms with van der Waals surface area (Å²) in [6.07, 6.45) is 0. The predicted molar refractivity (Wildman–Crippen MR) is 138 cm³/mol. The Hall–Kier alpha value is -4.00. The van der Waals surface area contributed by atoms with E-state index in [1.54, 1.807) is 55.4 Å². The highest BCUT2D eigenvalue weighted by molar-refractivity contribution is 5.95. The van der Waals surface area contributed by atoms with Crippen LogP contribution < -0.4 is 14.2 Å². The number of ether oxygens (including phenoxy) is 3. The third-order valence-electron chi connectivity index (χ3n) is 6.74. The average molecular weight is 489 g/mol. The number of methoxy groups -OCH3 is 3.